The fourth-order valence-electron chi connectivity index (χ4n) is 2.76. The number of rotatable bonds is 6. The Morgan fingerprint density at radius 1 is 0.933 bits per heavy atom. The van der Waals surface area contributed by atoms with Gasteiger partial charge < -0.3 is 10.1 Å². The van der Waals surface area contributed by atoms with Gasteiger partial charge in [-0.15, -0.1) is 0 Å². The van der Waals surface area contributed by atoms with E-state index < -0.39 is 17.6 Å². The number of carbonyl (C=O) groups is 2. The first-order chi connectivity index (χ1) is 14.6. The summed E-state index contributed by atoms with van der Waals surface area (Å²) in [6.07, 6.45) is 0. The molecule has 0 radical (unpaired) electrons. The molecule has 0 saturated carbocycles. The Morgan fingerprint density at radius 3 is 2.50 bits per heavy atom. The van der Waals surface area contributed by atoms with E-state index in [1.54, 1.807) is 30.3 Å². The highest BCUT2D eigenvalue weighted by molar-refractivity contribution is 7.22. The van der Waals surface area contributed by atoms with Crippen LogP contribution in [0.3, 0.4) is 0 Å². The fraction of sp³-hybridized carbons (Fsp3) is 0.0455. The van der Waals surface area contributed by atoms with E-state index >= 15 is 0 Å². The van der Waals surface area contributed by atoms with E-state index in [1.165, 1.54) is 29.5 Å². The summed E-state index contributed by atoms with van der Waals surface area (Å²) in [6.45, 7) is -0.375. The minimum atomic E-state index is -0.540. The van der Waals surface area contributed by atoms with Crippen LogP contribution in [-0.4, -0.2) is 23.4 Å². The molecule has 0 aliphatic carbocycles. The Hall–Kier alpha value is -3.78. The van der Waals surface area contributed by atoms with Crippen molar-refractivity contribution in [2.45, 2.75) is 0 Å². The van der Waals surface area contributed by atoms with Gasteiger partial charge in [-0.25, -0.2) is 9.37 Å². The summed E-state index contributed by atoms with van der Waals surface area (Å²) in [4.78, 5) is 29.2. The Kier molecular flexibility index (Phi) is 5.67. The first kappa shape index (κ1) is 19.5. The molecule has 30 heavy (non-hydrogen) atoms. The third kappa shape index (κ3) is 4.44. The molecule has 0 unspecified atom stereocenters. The summed E-state index contributed by atoms with van der Waals surface area (Å²) < 4.78 is 20.1. The van der Waals surface area contributed by atoms with Crippen LogP contribution < -0.4 is 15.4 Å². The number of thiazole rings is 1. The van der Waals surface area contributed by atoms with Crippen molar-refractivity contribution in [2.24, 2.45) is 0 Å². The molecule has 0 bridgehead atoms. The van der Waals surface area contributed by atoms with Crippen LogP contribution in [0.25, 0.3) is 10.2 Å². The quantitative estimate of drug-likeness (QED) is 0.473. The highest BCUT2D eigenvalue weighted by Crippen LogP contribution is 2.27. The molecular formula is C22H16FN3O3S. The molecule has 150 valence electrons. The lowest BCUT2D eigenvalue weighted by molar-refractivity contribution is -0.118. The second-order valence-corrected chi connectivity index (χ2v) is 7.28. The molecule has 1 aromatic heterocycles. The second kappa shape index (κ2) is 8.71. The van der Waals surface area contributed by atoms with Crippen LogP contribution in [0.5, 0.6) is 5.75 Å². The van der Waals surface area contributed by atoms with Crippen LogP contribution in [0.4, 0.5) is 15.2 Å². The molecule has 6 nitrogen and oxygen atoms in total. The number of benzene rings is 3. The van der Waals surface area contributed by atoms with Gasteiger partial charge in [-0.1, -0.05) is 47.7 Å². The van der Waals surface area contributed by atoms with Crippen LogP contribution >= 0.6 is 11.3 Å². The third-order valence-corrected chi connectivity index (χ3v) is 5.10. The number of anilines is 2. The SMILES string of the molecule is O=C(COc1ccccc1C(=O)Nc1nc2ccccc2s1)Nc1ccccc1F. The van der Waals surface area contributed by atoms with E-state index in [2.05, 4.69) is 15.6 Å². The Labute approximate surface area is 175 Å². The van der Waals surface area contributed by atoms with E-state index in [0.717, 1.165) is 10.2 Å². The average molecular weight is 421 g/mol. The number of hydrogen-bond acceptors (Lipinski definition) is 5. The zero-order valence-corrected chi connectivity index (χ0v) is 16.4. The van der Waals surface area contributed by atoms with Crippen LogP contribution in [-0.2, 0) is 4.79 Å². The summed E-state index contributed by atoms with van der Waals surface area (Å²) in [6, 6.07) is 20.0. The van der Waals surface area contributed by atoms with E-state index in [9.17, 15) is 14.0 Å². The van der Waals surface area contributed by atoms with Gasteiger partial charge in [-0.2, -0.15) is 0 Å². The van der Waals surface area contributed by atoms with Gasteiger partial charge in [0.2, 0.25) is 0 Å². The molecule has 0 aliphatic heterocycles. The molecule has 2 N–H and O–H groups in total. The number of nitrogens with one attached hydrogen (secondary N) is 2. The van der Waals surface area contributed by atoms with Gasteiger partial charge in [0.25, 0.3) is 11.8 Å². The first-order valence-corrected chi connectivity index (χ1v) is 9.85. The van der Waals surface area contributed by atoms with Gasteiger partial charge in [0.1, 0.15) is 11.6 Å². The highest BCUT2D eigenvalue weighted by atomic mass is 32.1. The lowest BCUT2D eigenvalue weighted by Crippen LogP contribution is -2.22. The lowest BCUT2D eigenvalue weighted by Gasteiger charge is -2.11. The molecule has 0 fully saturated rings. The van der Waals surface area contributed by atoms with Crippen LogP contribution in [0.2, 0.25) is 0 Å². The average Bonchev–Trinajstić information content (AvgIpc) is 3.16. The highest BCUT2D eigenvalue weighted by Gasteiger charge is 2.16. The Bertz CT molecular complexity index is 1190. The molecule has 4 aromatic rings. The van der Waals surface area contributed by atoms with Crippen molar-refractivity contribution in [3.05, 3.63) is 84.2 Å². The predicted octanol–water partition coefficient (Wildman–Crippen LogP) is 4.71. The molecule has 1 heterocycles. The van der Waals surface area contributed by atoms with Crippen LogP contribution in [0.15, 0.2) is 72.8 Å². The number of hydrogen-bond donors (Lipinski definition) is 2. The van der Waals surface area contributed by atoms with E-state index in [4.69, 9.17) is 4.74 Å². The number of carbonyl (C=O) groups excluding carboxylic acids is 2. The standard InChI is InChI=1S/C22H16FN3O3S/c23-15-8-2-3-9-16(15)24-20(27)13-29-18-11-5-1-7-14(18)21(28)26-22-25-17-10-4-6-12-19(17)30-22/h1-12H,13H2,(H,24,27)(H,25,26,28). The second-order valence-electron chi connectivity index (χ2n) is 6.25. The molecule has 3 aromatic carbocycles. The van der Waals surface area contributed by atoms with Gasteiger partial charge in [0, 0.05) is 0 Å². The van der Waals surface area contributed by atoms with Crippen molar-refractivity contribution in [3.63, 3.8) is 0 Å². The molecule has 4 rings (SSSR count). The van der Waals surface area contributed by atoms with Crippen molar-refractivity contribution in [3.8, 4) is 5.75 Å². The monoisotopic (exact) mass is 421 g/mol. The fourth-order valence-corrected chi connectivity index (χ4v) is 3.62. The minimum absolute atomic E-state index is 0.0629. The lowest BCUT2D eigenvalue weighted by atomic mass is 10.2. The first-order valence-electron chi connectivity index (χ1n) is 9.03. The Balaban J connectivity index is 1.43. The van der Waals surface area contributed by atoms with Gasteiger partial charge in [-0.3, -0.25) is 14.9 Å². The van der Waals surface area contributed by atoms with Gasteiger partial charge in [0.15, 0.2) is 11.7 Å². The normalized spacial score (nSPS) is 10.6. The van der Waals surface area contributed by atoms with Crippen LogP contribution in [0.1, 0.15) is 10.4 Å². The van der Waals surface area contributed by atoms with Gasteiger partial charge in [-0.05, 0) is 36.4 Å². The summed E-state index contributed by atoms with van der Waals surface area (Å²) in [7, 11) is 0. The van der Waals surface area contributed by atoms with E-state index in [1.807, 2.05) is 24.3 Å². The topological polar surface area (TPSA) is 80.3 Å². The summed E-state index contributed by atoms with van der Waals surface area (Å²) in [5.41, 5.74) is 1.12. The maximum atomic E-state index is 13.7. The smallest absolute Gasteiger partial charge is 0.262 e. The molecule has 0 spiro atoms. The van der Waals surface area contributed by atoms with Gasteiger partial charge in [0.05, 0.1) is 21.5 Å². The zero-order valence-electron chi connectivity index (χ0n) is 15.6. The number of aromatic nitrogens is 1. The van der Waals surface area contributed by atoms with Gasteiger partial charge >= 0.3 is 0 Å². The molecule has 0 aliphatic rings. The molecule has 0 saturated heterocycles. The maximum Gasteiger partial charge on any atom is 0.262 e. The molecule has 2 amide bonds. The third-order valence-electron chi connectivity index (χ3n) is 4.15. The minimum Gasteiger partial charge on any atom is -0.483 e. The van der Waals surface area contributed by atoms with Crippen molar-refractivity contribution in [1.29, 1.82) is 0 Å². The number of amides is 2. The number of halogens is 1. The summed E-state index contributed by atoms with van der Waals surface area (Å²) in [5, 5.41) is 5.66. The van der Waals surface area contributed by atoms with Crippen molar-refractivity contribution in [1.82, 2.24) is 4.98 Å². The number of fused-ring (bicyclic) bond motifs is 1. The number of para-hydroxylation sites is 3. The molecular weight excluding hydrogens is 405 g/mol. The van der Waals surface area contributed by atoms with E-state index in [0.29, 0.717) is 5.13 Å². The summed E-state index contributed by atoms with van der Waals surface area (Å²) in [5.74, 6) is -1.25. The largest absolute Gasteiger partial charge is 0.483 e. The Morgan fingerprint density at radius 2 is 1.67 bits per heavy atom. The molecule has 8 heteroatoms. The van der Waals surface area contributed by atoms with E-state index in [-0.39, 0.29) is 23.6 Å². The number of nitrogens with zero attached hydrogens (tertiary/aromatic N) is 1. The summed E-state index contributed by atoms with van der Waals surface area (Å²) >= 11 is 1.36. The zero-order chi connectivity index (χ0) is 20.9. The van der Waals surface area contributed by atoms with Crippen LogP contribution in [0, 0.1) is 5.82 Å². The molecule has 0 atom stereocenters. The van der Waals surface area contributed by atoms with Crippen molar-refractivity contribution >= 4 is 44.2 Å². The predicted molar refractivity (Wildman–Crippen MR) is 115 cm³/mol. The van der Waals surface area contributed by atoms with Crippen molar-refractivity contribution in [2.75, 3.05) is 17.2 Å². The maximum absolute atomic E-state index is 13.7. The van der Waals surface area contributed by atoms with Crippen molar-refractivity contribution < 1.29 is 18.7 Å². The number of ether oxygens (including phenoxy) is 1.